The number of anilines is 1. The topological polar surface area (TPSA) is 71.2 Å². The van der Waals surface area contributed by atoms with Gasteiger partial charge in [0, 0.05) is 30.7 Å². The third-order valence-corrected chi connectivity index (χ3v) is 2.16. The van der Waals surface area contributed by atoms with E-state index in [0.717, 1.165) is 12.2 Å². The first-order valence-corrected chi connectivity index (χ1v) is 5.15. The number of nitrogens with two attached hydrogens (primary N) is 1. The van der Waals surface area contributed by atoms with Crippen LogP contribution in [0.1, 0.15) is 16.1 Å². The summed E-state index contributed by atoms with van der Waals surface area (Å²) in [5.41, 5.74) is 7.45. The van der Waals surface area contributed by atoms with E-state index >= 15 is 0 Å². The lowest BCUT2D eigenvalue weighted by atomic mass is 10.2. The summed E-state index contributed by atoms with van der Waals surface area (Å²) in [4.78, 5) is 17.8. The van der Waals surface area contributed by atoms with Crippen molar-refractivity contribution in [2.45, 2.75) is 6.92 Å². The predicted molar refractivity (Wildman–Crippen MR) is 64.3 cm³/mol. The first kappa shape index (κ1) is 12.4. The predicted octanol–water partition coefficient (Wildman–Crippen LogP) is 0.264. The minimum atomic E-state index is -0.174. The molecule has 16 heavy (non-hydrogen) atoms. The molecule has 1 heterocycles. The maximum Gasteiger partial charge on any atom is 0.254 e. The van der Waals surface area contributed by atoms with Crippen LogP contribution in [0.4, 0.5) is 5.69 Å². The summed E-state index contributed by atoms with van der Waals surface area (Å²) in [5.74, 6) is -0.174. The Labute approximate surface area is 95.7 Å². The van der Waals surface area contributed by atoms with Gasteiger partial charge in [-0.2, -0.15) is 0 Å². The molecule has 5 heteroatoms. The number of carbonyl (C=O) groups excluding carboxylic acids is 1. The Morgan fingerprint density at radius 2 is 2.25 bits per heavy atom. The third kappa shape index (κ3) is 3.51. The summed E-state index contributed by atoms with van der Waals surface area (Å²) in [6, 6.07) is 1.70. The SMILES string of the molecule is Cc1cc(N)c(C(=O)NCCN(C)C)cn1. The molecule has 0 saturated carbocycles. The highest BCUT2D eigenvalue weighted by Gasteiger charge is 2.09. The number of carbonyl (C=O) groups is 1. The van der Waals surface area contributed by atoms with Crippen molar-refractivity contribution < 1.29 is 4.79 Å². The van der Waals surface area contributed by atoms with Gasteiger partial charge in [0.1, 0.15) is 0 Å². The molecule has 0 saturated heterocycles. The number of nitrogens with zero attached hydrogens (tertiary/aromatic N) is 2. The minimum Gasteiger partial charge on any atom is -0.398 e. The van der Waals surface area contributed by atoms with Crippen LogP contribution in [0.15, 0.2) is 12.3 Å². The molecular weight excluding hydrogens is 204 g/mol. The summed E-state index contributed by atoms with van der Waals surface area (Å²) >= 11 is 0. The number of pyridine rings is 1. The number of nitrogen functional groups attached to an aromatic ring is 1. The highest BCUT2D eigenvalue weighted by Crippen LogP contribution is 2.10. The fraction of sp³-hybridized carbons (Fsp3) is 0.455. The zero-order valence-electron chi connectivity index (χ0n) is 9.95. The number of nitrogens with one attached hydrogen (secondary N) is 1. The fourth-order valence-corrected chi connectivity index (χ4v) is 1.26. The molecule has 88 valence electrons. The van der Waals surface area contributed by atoms with Gasteiger partial charge >= 0.3 is 0 Å². The van der Waals surface area contributed by atoms with Crippen molar-refractivity contribution in [1.29, 1.82) is 0 Å². The average molecular weight is 222 g/mol. The van der Waals surface area contributed by atoms with Crippen LogP contribution in [-0.2, 0) is 0 Å². The fourth-order valence-electron chi connectivity index (χ4n) is 1.26. The number of amides is 1. The lowest BCUT2D eigenvalue weighted by molar-refractivity contribution is 0.0951. The van der Waals surface area contributed by atoms with Gasteiger partial charge in [-0.25, -0.2) is 0 Å². The van der Waals surface area contributed by atoms with Crippen LogP contribution in [0.25, 0.3) is 0 Å². The maximum atomic E-state index is 11.7. The normalized spacial score (nSPS) is 10.5. The number of rotatable bonds is 4. The lowest BCUT2D eigenvalue weighted by Crippen LogP contribution is -2.31. The van der Waals surface area contributed by atoms with Crippen LogP contribution in [0, 0.1) is 6.92 Å². The second-order valence-electron chi connectivity index (χ2n) is 3.97. The smallest absolute Gasteiger partial charge is 0.254 e. The van der Waals surface area contributed by atoms with Crippen molar-refractivity contribution in [1.82, 2.24) is 15.2 Å². The summed E-state index contributed by atoms with van der Waals surface area (Å²) in [6.45, 7) is 3.23. The third-order valence-electron chi connectivity index (χ3n) is 2.16. The average Bonchev–Trinajstić information content (AvgIpc) is 2.16. The largest absolute Gasteiger partial charge is 0.398 e. The molecule has 3 N–H and O–H groups in total. The van der Waals surface area contributed by atoms with Crippen molar-refractivity contribution in [2.75, 3.05) is 32.9 Å². The van der Waals surface area contributed by atoms with Crippen molar-refractivity contribution in [3.05, 3.63) is 23.5 Å². The van der Waals surface area contributed by atoms with E-state index in [4.69, 9.17) is 5.73 Å². The number of hydrogen-bond acceptors (Lipinski definition) is 4. The van der Waals surface area contributed by atoms with Crippen LogP contribution in [0.5, 0.6) is 0 Å². The molecule has 1 aromatic rings. The van der Waals surface area contributed by atoms with Gasteiger partial charge in [0.15, 0.2) is 0 Å². The highest BCUT2D eigenvalue weighted by atomic mass is 16.1. The number of aromatic nitrogens is 1. The molecular formula is C11H18N4O. The zero-order valence-corrected chi connectivity index (χ0v) is 9.95. The molecule has 1 amide bonds. The maximum absolute atomic E-state index is 11.7. The van der Waals surface area contributed by atoms with Crippen molar-refractivity contribution in [2.24, 2.45) is 0 Å². The van der Waals surface area contributed by atoms with Crippen LogP contribution < -0.4 is 11.1 Å². The van der Waals surface area contributed by atoms with Gasteiger partial charge in [-0.1, -0.05) is 0 Å². The van der Waals surface area contributed by atoms with E-state index in [0.29, 0.717) is 17.8 Å². The quantitative estimate of drug-likeness (QED) is 0.766. The number of likely N-dealkylation sites (N-methyl/N-ethyl adjacent to an activating group) is 1. The summed E-state index contributed by atoms with van der Waals surface area (Å²) < 4.78 is 0. The van der Waals surface area contributed by atoms with Crippen LogP contribution >= 0.6 is 0 Å². The molecule has 5 nitrogen and oxygen atoms in total. The molecule has 0 fully saturated rings. The molecule has 1 aromatic heterocycles. The number of aryl methyl sites for hydroxylation is 1. The Bertz CT molecular complexity index is 376. The molecule has 0 unspecified atom stereocenters. The Morgan fingerprint density at radius 1 is 1.56 bits per heavy atom. The van der Waals surface area contributed by atoms with Crippen LogP contribution in [-0.4, -0.2) is 43.0 Å². The highest BCUT2D eigenvalue weighted by molar-refractivity contribution is 5.98. The molecule has 0 aliphatic carbocycles. The van der Waals surface area contributed by atoms with Crippen molar-refractivity contribution in [3.63, 3.8) is 0 Å². The summed E-state index contributed by atoms with van der Waals surface area (Å²) in [7, 11) is 3.90. The van der Waals surface area contributed by atoms with E-state index in [2.05, 4.69) is 10.3 Å². The van der Waals surface area contributed by atoms with Gasteiger partial charge in [0.05, 0.1) is 5.56 Å². The Balaban J connectivity index is 2.59. The summed E-state index contributed by atoms with van der Waals surface area (Å²) in [6.07, 6.45) is 1.51. The molecule has 0 aromatic carbocycles. The molecule has 0 aliphatic heterocycles. The van der Waals surface area contributed by atoms with E-state index in [1.807, 2.05) is 25.9 Å². The standard InChI is InChI=1S/C11H18N4O/c1-8-6-10(12)9(7-14-8)11(16)13-4-5-15(2)3/h6-7H,4-5H2,1-3H3,(H2,12,14)(H,13,16). The van der Waals surface area contributed by atoms with Crippen molar-refractivity contribution >= 4 is 11.6 Å². The van der Waals surface area contributed by atoms with Gasteiger partial charge < -0.3 is 16.0 Å². The van der Waals surface area contributed by atoms with E-state index in [-0.39, 0.29) is 5.91 Å². The Kier molecular flexibility index (Phi) is 4.25. The van der Waals surface area contributed by atoms with Crippen LogP contribution in [0.2, 0.25) is 0 Å². The van der Waals surface area contributed by atoms with E-state index < -0.39 is 0 Å². The van der Waals surface area contributed by atoms with Gasteiger partial charge in [-0.05, 0) is 27.1 Å². The first-order chi connectivity index (χ1) is 7.50. The molecule has 0 bridgehead atoms. The Morgan fingerprint density at radius 3 is 2.81 bits per heavy atom. The first-order valence-electron chi connectivity index (χ1n) is 5.15. The van der Waals surface area contributed by atoms with Gasteiger partial charge in [-0.15, -0.1) is 0 Å². The van der Waals surface area contributed by atoms with E-state index in [1.54, 1.807) is 6.07 Å². The molecule has 0 radical (unpaired) electrons. The molecule has 0 atom stereocenters. The Hall–Kier alpha value is -1.62. The lowest BCUT2D eigenvalue weighted by Gasteiger charge is -2.11. The minimum absolute atomic E-state index is 0.174. The van der Waals surface area contributed by atoms with Gasteiger partial charge in [-0.3, -0.25) is 9.78 Å². The van der Waals surface area contributed by atoms with Crippen molar-refractivity contribution in [3.8, 4) is 0 Å². The second kappa shape index (κ2) is 5.46. The molecule has 0 spiro atoms. The summed E-state index contributed by atoms with van der Waals surface area (Å²) in [5, 5.41) is 2.79. The second-order valence-corrected chi connectivity index (χ2v) is 3.97. The van der Waals surface area contributed by atoms with Gasteiger partial charge in [0.25, 0.3) is 5.91 Å². The molecule has 0 aliphatic rings. The monoisotopic (exact) mass is 222 g/mol. The van der Waals surface area contributed by atoms with Crippen LogP contribution in [0.3, 0.4) is 0 Å². The van der Waals surface area contributed by atoms with E-state index in [1.165, 1.54) is 6.20 Å². The van der Waals surface area contributed by atoms with E-state index in [9.17, 15) is 4.79 Å². The number of hydrogen-bond donors (Lipinski definition) is 2. The zero-order chi connectivity index (χ0) is 12.1. The molecule has 1 rings (SSSR count). The van der Waals surface area contributed by atoms with Gasteiger partial charge in [0.2, 0.25) is 0 Å².